The molecule has 1 aliphatic heterocycles. The molecular weight excluding hydrogens is 454 g/mol. The summed E-state index contributed by atoms with van der Waals surface area (Å²) in [6, 6.07) is 19.4. The van der Waals surface area contributed by atoms with Crippen LogP contribution in [0.1, 0.15) is 15.9 Å². The Kier molecular flexibility index (Phi) is 7.16. The van der Waals surface area contributed by atoms with Crippen LogP contribution in [-0.2, 0) is 14.8 Å². The van der Waals surface area contributed by atoms with Crippen molar-refractivity contribution in [1.82, 2.24) is 4.31 Å². The maximum Gasteiger partial charge on any atom is 0.257 e. The zero-order valence-electron chi connectivity index (χ0n) is 19.1. The molecule has 34 heavy (non-hydrogen) atoms. The molecule has 0 radical (unpaired) electrons. The van der Waals surface area contributed by atoms with Crippen LogP contribution in [0.3, 0.4) is 0 Å². The number of benzene rings is 3. The number of sulfonamides is 1. The molecule has 0 saturated carbocycles. The van der Waals surface area contributed by atoms with Gasteiger partial charge in [-0.3, -0.25) is 4.79 Å². The number of methoxy groups -OCH3 is 1. The van der Waals surface area contributed by atoms with Gasteiger partial charge >= 0.3 is 0 Å². The highest BCUT2D eigenvalue weighted by molar-refractivity contribution is 7.89. The van der Waals surface area contributed by atoms with Crippen LogP contribution in [0.25, 0.3) is 0 Å². The van der Waals surface area contributed by atoms with Crippen molar-refractivity contribution in [3.8, 4) is 5.75 Å². The highest BCUT2D eigenvalue weighted by atomic mass is 32.2. The molecule has 4 rings (SSSR count). The lowest BCUT2D eigenvalue weighted by Gasteiger charge is -2.26. The molecule has 3 aromatic carbocycles. The fourth-order valence-electron chi connectivity index (χ4n) is 3.70. The Labute approximate surface area is 199 Å². The molecule has 0 unspecified atom stereocenters. The average Bonchev–Trinajstić information content (AvgIpc) is 2.86. The molecule has 1 amide bonds. The number of hydrogen-bond donors (Lipinski definition) is 2. The van der Waals surface area contributed by atoms with E-state index in [1.54, 1.807) is 38.3 Å². The summed E-state index contributed by atoms with van der Waals surface area (Å²) in [6.45, 7) is 3.10. The van der Waals surface area contributed by atoms with Crippen molar-refractivity contribution in [2.24, 2.45) is 0 Å². The molecule has 1 heterocycles. The Balaban J connectivity index is 1.56. The van der Waals surface area contributed by atoms with E-state index in [0.717, 1.165) is 11.4 Å². The predicted octanol–water partition coefficient (Wildman–Crippen LogP) is 4.02. The number of morpholine rings is 1. The van der Waals surface area contributed by atoms with Gasteiger partial charge in [-0.05, 0) is 61.0 Å². The van der Waals surface area contributed by atoms with Gasteiger partial charge in [0.1, 0.15) is 5.75 Å². The Morgan fingerprint density at radius 1 is 0.971 bits per heavy atom. The molecule has 178 valence electrons. The van der Waals surface area contributed by atoms with Crippen LogP contribution in [-0.4, -0.2) is 52.0 Å². The quantitative estimate of drug-likeness (QED) is 0.529. The van der Waals surface area contributed by atoms with Crippen LogP contribution in [0.5, 0.6) is 5.75 Å². The first-order chi connectivity index (χ1) is 16.4. The molecule has 3 aromatic rings. The molecule has 0 aromatic heterocycles. The third kappa shape index (κ3) is 5.22. The molecule has 8 nitrogen and oxygen atoms in total. The van der Waals surface area contributed by atoms with Crippen molar-refractivity contribution < 1.29 is 22.7 Å². The lowest BCUT2D eigenvalue weighted by Crippen LogP contribution is -2.40. The Morgan fingerprint density at radius 2 is 1.65 bits per heavy atom. The minimum atomic E-state index is -3.69. The Hall–Kier alpha value is -3.40. The Bertz CT molecular complexity index is 1270. The number of rotatable bonds is 7. The second-order valence-corrected chi connectivity index (χ2v) is 9.76. The van der Waals surface area contributed by atoms with E-state index < -0.39 is 10.0 Å². The summed E-state index contributed by atoms with van der Waals surface area (Å²) in [5.41, 5.74) is 2.87. The number of para-hydroxylation sites is 1. The van der Waals surface area contributed by atoms with E-state index in [0.29, 0.717) is 48.8 Å². The number of amides is 1. The third-order valence-electron chi connectivity index (χ3n) is 5.57. The second kappa shape index (κ2) is 10.3. The molecule has 0 bridgehead atoms. The van der Waals surface area contributed by atoms with Crippen molar-refractivity contribution in [3.63, 3.8) is 0 Å². The third-order valence-corrected chi connectivity index (χ3v) is 7.62. The van der Waals surface area contributed by atoms with Crippen molar-refractivity contribution in [2.75, 3.05) is 44.0 Å². The maximum atomic E-state index is 13.2. The number of nitrogens with one attached hydrogen (secondary N) is 2. The van der Waals surface area contributed by atoms with Gasteiger partial charge in [-0.15, -0.1) is 0 Å². The first-order valence-corrected chi connectivity index (χ1v) is 12.3. The van der Waals surface area contributed by atoms with Gasteiger partial charge in [0, 0.05) is 24.5 Å². The predicted molar refractivity (Wildman–Crippen MR) is 131 cm³/mol. The summed E-state index contributed by atoms with van der Waals surface area (Å²) in [5, 5.41) is 6.09. The number of nitrogens with zero attached hydrogens (tertiary/aromatic N) is 1. The molecular formula is C25H27N3O5S. The molecule has 1 aliphatic rings. The van der Waals surface area contributed by atoms with Gasteiger partial charge in [0.2, 0.25) is 10.0 Å². The van der Waals surface area contributed by atoms with E-state index in [9.17, 15) is 13.2 Å². The smallest absolute Gasteiger partial charge is 0.257 e. The number of ether oxygens (including phenoxy) is 2. The van der Waals surface area contributed by atoms with Crippen molar-refractivity contribution in [2.45, 2.75) is 11.8 Å². The summed E-state index contributed by atoms with van der Waals surface area (Å²) in [5.74, 6) is 0.383. The SMILES string of the molecule is COc1ccc(Nc2ccccc2C(=O)Nc2ccc(C)c(S(=O)(=O)N3CCOCC3)c2)cc1. The van der Waals surface area contributed by atoms with E-state index in [-0.39, 0.29) is 10.8 Å². The highest BCUT2D eigenvalue weighted by Gasteiger charge is 2.28. The maximum absolute atomic E-state index is 13.2. The van der Waals surface area contributed by atoms with Crippen LogP contribution in [0, 0.1) is 6.92 Å². The van der Waals surface area contributed by atoms with E-state index in [1.165, 1.54) is 10.4 Å². The lowest BCUT2D eigenvalue weighted by molar-refractivity contribution is 0.0730. The molecule has 1 saturated heterocycles. The first-order valence-electron chi connectivity index (χ1n) is 10.9. The fraction of sp³-hybridized carbons (Fsp3) is 0.240. The van der Waals surface area contributed by atoms with Gasteiger partial charge in [-0.1, -0.05) is 18.2 Å². The summed E-state index contributed by atoms with van der Waals surface area (Å²) in [4.78, 5) is 13.3. The second-order valence-electron chi connectivity index (χ2n) is 7.85. The number of carbonyl (C=O) groups excluding carboxylic acids is 1. The molecule has 0 atom stereocenters. The molecule has 1 fully saturated rings. The van der Waals surface area contributed by atoms with Gasteiger partial charge < -0.3 is 20.1 Å². The standard InChI is InChI=1S/C25H27N3O5S/c1-18-7-8-20(17-24(18)34(30,31)28-13-15-33-16-14-28)27-25(29)22-5-3-4-6-23(22)26-19-9-11-21(32-2)12-10-19/h3-12,17,26H,13-16H2,1-2H3,(H,27,29). The number of aryl methyl sites for hydroxylation is 1. The van der Waals surface area contributed by atoms with Crippen LogP contribution in [0.4, 0.5) is 17.1 Å². The molecule has 0 aliphatic carbocycles. The van der Waals surface area contributed by atoms with Gasteiger partial charge in [-0.2, -0.15) is 4.31 Å². The monoisotopic (exact) mass is 481 g/mol. The number of hydrogen-bond acceptors (Lipinski definition) is 6. The first kappa shape index (κ1) is 23.7. The van der Waals surface area contributed by atoms with Crippen LogP contribution >= 0.6 is 0 Å². The van der Waals surface area contributed by atoms with E-state index in [4.69, 9.17) is 9.47 Å². The zero-order valence-corrected chi connectivity index (χ0v) is 19.9. The topological polar surface area (TPSA) is 97.0 Å². The number of carbonyl (C=O) groups is 1. The van der Waals surface area contributed by atoms with E-state index >= 15 is 0 Å². The zero-order chi connectivity index (χ0) is 24.1. The minimum absolute atomic E-state index is 0.178. The largest absolute Gasteiger partial charge is 0.497 e. The van der Waals surface area contributed by atoms with Gasteiger partial charge in [0.15, 0.2) is 0 Å². The lowest BCUT2D eigenvalue weighted by atomic mass is 10.1. The van der Waals surface area contributed by atoms with Gasteiger partial charge in [-0.25, -0.2) is 8.42 Å². The van der Waals surface area contributed by atoms with Crippen molar-refractivity contribution >= 4 is 33.0 Å². The number of anilines is 3. The average molecular weight is 482 g/mol. The molecule has 9 heteroatoms. The highest BCUT2D eigenvalue weighted by Crippen LogP contribution is 2.27. The van der Waals surface area contributed by atoms with Crippen molar-refractivity contribution in [1.29, 1.82) is 0 Å². The van der Waals surface area contributed by atoms with E-state index in [2.05, 4.69) is 10.6 Å². The fourth-order valence-corrected chi connectivity index (χ4v) is 5.36. The van der Waals surface area contributed by atoms with Crippen LogP contribution in [0.2, 0.25) is 0 Å². The summed E-state index contributed by atoms with van der Waals surface area (Å²) < 4.78 is 38.2. The Morgan fingerprint density at radius 3 is 2.35 bits per heavy atom. The summed E-state index contributed by atoms with van der Waals surface area (Å²) >= 11 is 0. The summed E-state index contributed by atoms with van der Waals surface area (Å²) in [7, 11) is -2.09. The van der Waals surface area contributed by atoms with Gasteiger partial charge in [0.25, 0.3) is 5.91 Å². The normalized spacial score (nSPS) is 14.4. The van der Waals surface area contributed by atoms with Crippen LogP contribution < -0.4 is 15.4 Å². The van der Waals surface area contributed by atoms with E-state index in [1.807, 2.05) is 36.4 Å². The minimum Gasteiger partial charge on any atom is -0.497 e. The van der Waals surface area contributed by atoms with Gasteiger partial charge in [0.05, 0.1) is 36.5 Å². The van der Waals surface area contributed by atoms with Crippen LogP contribution in [0.15, 0.2) is 71.6 Å². The molecule has 2 N–H and O–H groups in total. The molecule has 0 spiro atoms. The summed E-state index contributed by atoms with van der Waals surface area (Å²) in [6.07, 6.45) is 0. The van der Waals surface area contributed by atoms with Crippen molar-refractivity contribution in [3.05, 3.63) is 77.9 Å².